The summed E-state index contributed by atoms with van der Waals surface area (Å²) in [7, 11) is -4.07. The van der Waals surface area contributed by atoms with E-state index in [1.54, 1.807) is 29.9 Å². The third-order valence-corrected chi connectivity index (χ3v) is 6.00. The van der Waals surface area contributed by atoms with E-state index in [0.29, 0.717) is 5.56 Å². The van der Waals surface area contributed by atoms with E-state index < -0.39 is 22.0 Å². The summed E-state index contributed by atoms with van der Waals surface area (Å²) in [6, 6.07) is 8.15. The average Bonchev–Trinajstić information content (AvgIpc) is 2.64. The first-order valence-electron chi connectivity index (χ1n) is 8.36. The zero-order valence-corrected chi connectivity index (χ0v) is 16.6. The van der Waals surface area contributed by atoms with Gasteiger partial charge in [0, 0.05) is 24.0 Å². The van der Waals surface area contributed by atoms with Crippen molar-refractivity contribution in [1.82, 2.24) is 14.8 Å². The number of rotatable bonds is 8. The van der Waals surface area contributed by atoms with E-state index >= 15 is 0 Å². The molecule has 2 N–H and O–H groups in total. The van der Waals surface area contributed by atoms with E-state index in [9.17, 15) is 13.2 Å². The van der Waals surface area contributed by atoms with Gasteiger partial charge in [-0.1, -0.05) is 37.6 Å². The predicted octanol–water partition coefficient (Wildman–Crippen LogP) is 2.85. The van der Waals surface area contributed by atoms with Crippen LogP contribution in [0.4, 0.5) is 0 Å². The van der Waals surface area contributed by atoms with Gasteiger partial charge in [-0.05, 0) is 42.2 Å². The van der Waals surface area contributed by atoms with Crippen molar-refractivity contribution in [2.45, 2.75) is 37.8 Å². The van der Waals surface area contributed by atoms with Crippen molar-refractivity contribution < 1.29 is 18.4 Å². The molecule has 0 spiro atoms. The van der Waals surface area contributed by atoms with Crippen LogP contribution in [0.15, 0.2) is 53.7 Å². The second kappa shape index (κ2) is 9.27. The van der Waals surface area contributed by atoms with E-state index in [1.165, 1.54) is 24.4 Å². The number of hydrogen-bond donors (Lipinski definition) is 2. The van der Waals surface area contributed by atoms with E-state index in [-0.39, 0.29) is 28.8 Å². The summed E-state index contributed by atoms with van der Waals surface area (Å²) in [6.07, 6.45) is 3.33. The fourth-order valence-corrected chi connectivity index (χ4v) is 4.56. The molecule has 1 atom stereocenters. The molecule has 2 rings (SSSR count). The Balaban J connectivity index is 2.55. The lowest BCUT2D eigenvalue weighted by molar-refractivity contribution is -0.133. The van der Waals surface area contributed by atoms with Crippen molar-refractivity contribution in [3.05, 3.63) is 59.4 Å². The molecule has 0 aliphatic heterocycles. The van der Waals surface area contributed by atoms with Gasteiger partial charge in [-0.25, -0.2) is 13.9 Å². The standard InChI is InChI=1S/C18H22ClN3O4S/c1-13(2)9-17(18(23)21-24)22(12-14-5-4-8-20-11-14)27(25,26)16-7-3-6-15(19)10-16/h3-8,10-11,13,17,24H,9,12H2,1-2H3,(H,21,23)/t17-/m1/s1. The van der Waals surface area contributed by atoms with Gasteiger partial charge in [0.2, 0.25) is 10.0 Å². The maximum Gasteiger partial charge on any atom is 0.261 e. The molecule has 0 radical (unpaired) electrons. The number of nitrogens with one attached hydrogen (secondary N) is 1. The zero-order chi connectivity index (χ0) is 20.0. The summed E-state index contributed by atoms with van der Waals surface area (Å²) in [5.41, 5.74) is 2.20. The second-order valence-electron chi connectivity index (χ2n) is 6.49. The molecule has 0 bridgehead atoms. The van der Waals surface area contributed by atoms with Crippen molar-refractivity contribution in [2.24, 2.45) is 5.92 Å². The average molecular weight is 412 g/mol. The third kappa shape index (κ3) is 5.49. The predicted molar refractivity (Wildman–Crippen MR) is 102 cm³/mol. The topological polar surface area (TPSA) is 99.6 Å². The number of pyridine rings is 1. The zero-order valence-electron chi connectivity index (χ0n) is 15.0. The lowest BCUT2D eigenvalue weighted by Gasteiger charge is -2.30. The monoisotopic (exact) mass is 411 g/mol. The van der Waals surface area contributed by atoms with Gasteiger partial charge in [-0.2, -0.15) is 4.31 Å². The summed E-state index contributed by atoms with van der Waals surface area (Å²) in [5, 5.41) is 9.43. The van der Waals surface area contributed by atoms with Crippen molar-refractivity contribution in [3.63, 3.8) is 0 Å². The van der Waals surface area contributed by atoms with Crippen LogP contribution in [-0.4, -0.2) is 34.9 Å². The molecule has 1 heterocycles. The fourth-order valence-electron chi connectivity index (χ4n) is 2.67. The van der Waals surface area contributed by atoms with E-state index in [4.69, 9.17) is 16.8 Å². The number of carbonyl (C=O) groups is 1. The minimum Gasteiger partial charge on any atom is -0.289 e. The molecule has 0 aliphatic rings. The van der Waals surface area contributed by atoms with E-state index in [1.807, 2.05) is 13.8 Å². The SMILES string of the molecule is CC(C)C[C@H](C(=O)NO)N(Cc1cccnc1)S(=O)(=O)c1cccc(Cl)c1. The molecule has 1 aromatic heterocycles. The van der Waals surface area contributed by atoms with Crippen molar-refractivity contribution in [2.75, 3.05) is 0 Å². The first kappa shape index (κ1) is 21.3. The fraction of sp³-hybridized carbons (Fsp3) is 0.333. The highest BCUT2D eigenvalue weighted by molar-refractivity contribution is 7.89. The Bertz CT molecular complexity index is 875. The molecule has 27 heavy (non-hydrogen) atoms. The lowest BCUT2D eigenvalue weighted by atomic mass is 10.0. The number of amides is 1. The number of hydrogen-bond acceptors (Lipinski definition) is 5. The van der Waals surface area contributed by atoms with Crippen LogP contribution >= 0.6 is 11.6 Å². The highest BCUT2D eigenvalue weighted by atomic mass is 35.5. The largest absolute Gasteiger partial charge is 0.289 e. The summed E-state index contributed by atoms with van der Waals surface area (Å²) in [4.78, 5) is 16.3. The van der Waals surface area contributed by atoms with Gasteiger partial charge in [0.15, 0.2) is 0 Å². The van der Waals surface area contributed by atoms with Crippen LogP contribution in [0, 0.1) is 5.92 Å². The van der Waals surface area contributed by atoms with Gasteiger partial charge in [0.05, 0.1) is 4.90 Å². The maximum absolute atomic E-state index is 13.3. The Hall–Kier alpha value is -2.00. The van der Waals surface area contributed by atoms with Gasteiger partial charge in [-0.3, -0.25) is 15.0 Å². The van der Waals surface area contributed by atoms with Gasteiger partial charge < -0.3 is 0 Å². The molecule has 1 aromatic carbocycles. The summed E-state index contributed by atoms with van der Waals surface area (Å²) in [5.74, 6) is -0.781. The molecule has 146 valence electrons. The quantitative estimate of drug-likeness (QED) is 0.514. The Morgan fingerprint density at radius 3 is 2.59 bits per heavy atom. The van der Waals surface area contributed by atoms with Crippen LogP contribution in [-0.2, 0) is 21.4 Å². The molecule has 0 saturated heterocycles. The first-order valence-corrected chi connectivity index (χ1v) is 10.2. The molecule has 0 saturated carbocycles. The van der Waals surface area contributed by atoms with Crippen molar-refractivity contribution in [1.29, 1.82) is 0 Å². The number of benzene rings is 1. The lowest BCUT2D eigenvalue weighted by Crippen LogP contribution is -2.49. The minimum absolute atomic E-state index is 0.0123. The molecule has 0 fully saturated rings. The van der Waals surface area contributed by atoms with Gasteiger partial charge >= 0.3 is 0 Å². The molecule has 9 heteroatoms. The summed E-state index contributed by atoms with van der Waals surface area (Å²) < 4.78 is 27.7. The van der Waals surface area contributed by atoms with E-state index in [2.05, 4.69) is 4.98 Å². The van der Waals surface area contributed by atoms with Gasteiger partial charge in [0.1, 0.15) is 6.04 Å². The number of aromatic nitrogens is 1. The van der Waals surface area contributed by atoms with Crippen molar-refractivity contribution in [3.8, 4) is 0 Å². The number of carbonyl (C=O) groups excluding carboxylic acids is 1. The Morgan fingerprint density at radius 1 is 1.30 bits per heavy atom. The first-order chi connectivity index (χ1) is 12.8. The number of halogens is 1. The minimum atomic E-state index is -4.07. The van der Waals surface area contributed by atoms with Crippen LogP contribution < -0.4 is 5.48 Å². The Kier molecular flexibility index (Phi) is 7.32. The van der Waals surface area contributed by atoms with Crippen molar-refractivity contribution >= 4 is 27.5 Å². The normalized spacial score (nSPS) is 13.0. The molecule has 0 aliphatic carbocycles. The molecule has 1 amide bonds. The Labute approximate surface area is 164 Å². The van der Waals surface area contributed by atoms with Crippen LogP contribution in [0.2, 0.25) is 5.02 Å². The Morgan fingerprint density at radius 2 is 2.04 bits per heavy atom. The number of sulfonamides is 1. The number of nitrogens with zero attached hydrogens (tertiary/aromatic N) is 2. The van der Waals surface area contributed by atoms with Crippen LogP contribution in [0.5, 0.6) is 0 Å². The molecular formula is C18H22ClN3O4S. The highest BCUT2D eigenvalue weighted by Gasteiger charge is 2.36. The second-order valence-corrected chi connectivity index (χ2v) is 8.82. The molecular weight excluding hydrogens is 390 g/mol. The third-order valence-electron chi connectivity index (χ3n) is 3.92. The molecule has 7 nitrogen and oxygen atoms in total. The smallest absolute Gasteiger partial charge is 0.261 e. The summed E-state index contributed by atoms with van der Waals surface area (Å²) >= 11 is 5.96. The number of hydroxylamine groups is 1. The highest BCUT2D eigenvalue weighted by Crippen LogP contribution is 2.26. The van der Waals surface area contributed by atoms with Gasteiger partial charge in [-0.15, -0.1) is 0 Å². The van der Waals surface area contributed by atoms with Crippen LogP contribution in [0.1, 0.15) is 25.8 Å². The van der Waals surface area contributed by atoms with Crippen LogP contribution in [0.25, 0.3) is 0 Å². The van der Waals surface area contributed by atoms with E-state index in [0.717, 1.165) is 4.31 Å². The summed E-state index contributed by atoms with van der Waals surface area (Å²) in [6.45, 7) is 3.66. The van der Waals surface area contributed by atoms with Gasteiger partial charge in [0.25, 0.3) is 5.91 Å². The molecule has 2 aromatic rings. The van der Waals surface area contributed by atoms with Crippen LogP contribution in [0.3, 0.4) is 0 Å². The molecule has 0 unspecified atom stereocenters. The maximum atomic E-state index is 13.3.